The lowest BCUT2D eigenvalue weighted by Crippen LogP contribution is -2.21. The highest BCUT2D eigenvalue weighted by Gasteiger charge is 2.35. The summed E-state index contributed by atoms with van der Waals surface area (Å²) in [6.45, 7) is 2.87. The van der Waals surface area contributed by atoms with Gasteiger partial charge in [0.2, 0.25) is 0 Å². The molecule has 1 N–H and O–H groups in total. The molecule has 42 heavy (non-hydrogen) atoms. The lowest BCUT2D eigenvalue weighted by Gasteiger charge is -2.15. The minimum absolute atomic E-state index is 0.0136. The quantitative estimate of drug-likeness (QED) is 0.226. The van der Waals surface area contributed by atoms with Crippen LogP contribution in [0.4, 0.5) is 18.9 Å². The summed E-state index contributed by atoms with van der Waals surface area (Å²) in [7, 11) is -8.93. The lowest BCUT2D eigenvalue weighted by atomic mass is 10.0. The topological polar surface area (TPSA) is 101 Å². The lowest BCUT2D eigenvalue weighted by molar-refractivity contribution is -0.137. The number of halogens is 5. The molecule has 0 amide bonds. The van der Waals surface area contributed by atoms with Crippen LogP contribution in [0.15, 0.2) is 70.5 Å². The van der Waals surface area contributed by atoms with Crippen molar-refractivity contribution in [2.24, 2.45) is 0 Å². The van der Waals surface area contributed by atoms with Crippen molar-refractivity contribution < 1.29 is 34.8 Å². The molecule has 1 aliphatic heterocycles. The highest BCUT2D eigenvalue weighted by atomic mass is 35.5. The second-order valence-electron chi connectivity index (χ2n) is 9.92. The molecule has 1 aliphatic rings. The van der Waals surface area contributed by atoms with E-state index in [9.17, 15) is 34.8 Å². The molecule has 0 saturated carbocycles. The van der Waals surface area contributed by atoms with Crippen LogP contribution in [0.25, 0.3) is 0 Å². The van der Waals surface area contributed by atoms with E-state index in [1.807, 2.05) is 4.72 Å². The molecule has 0 spiro atoms. The van der Waals surface area contributed by atoms with E-state index in [4.69, 9.17) is 23.2 Å². The van der Waals surface area contributed by atoms with Crippen LogP contribution in [0.1, 0.15) is 47.2 Å². The van der Waals surface area contributed by atoms with E-state index in [0.29, 0.717) is 30.0 Å². The van der Waals surface area contributed by atoms with E-state index in [-0.39, 0.29) is 10.8 Å². The van der Waals surface area contributed by atoms with Crippen LogP contribution in [0.5, 0.6) is 0 Å². The number of hydrogen-bond acceptors (Lipinski definition) is 6. The number of sulfone groups is 1. The number of likely N-dealkylation sites (tertiary alicyclic amines) is 1. The van der Waals surface area contributed by atoms with Gasteiger partial charge in [0.15, 0.2) is 15.6 Å². The van der Waals surface area contributed by atoms with Crippen LogP contribution in [0.3, 0.4) is 0 Å². The first-order valence-electron chi connectivity index (χ1n) is 12.9. The van der Waals surface area contributed by atoms with Crippen LogP contribution in [-0.2, 0) is 31.8 Å². The van der Waals surface area contributed by atoms with Gasteiger partial charge in [-0.25, -0.2) is 16.8 Å². The van der Waals surface area contributed by atoms with E-state index in [0.717, 1.165) is 56.7 Å². The molecule has 4 rings (SSSR count). The van der Waals surface area contributed by atoms with Crippen molar-refractivity contribution >= 4 is 54.5 Å². The van der Waals surface area contributed by atoms with E-state index in [2.05, 4.69) is 4.90 Å². The van der Waals surface area contributed by atoms with Crippen LogP contribution in [0, 0.1) is 0 Å². The first-order valence-corrected chi connectivity index (χ1v) is 16.8. The van der Waals surface area contributed by atoms with Gasteiger partial charge < -0.3 is 4.90 Å². The predicted octanol–water partition coefficient (Wildman–Crippen LogP) is 6.85. The molecule has 0 radical (unpaired) electrons. The summed E-state index contributed by atoms with van der Waals surface area (Å²) in [5.41, 5.74) is -1.14. The van der Waals surface area contributed by atoms with E-state index < -0.39 is 57.9 Å². The fraction of sp³-hybridized carbons (Fsp3) is 0.321. The number of nitrogens with one attached hydrogen (secondary N) is 1. The summed E-state index contributed by atoms with van der Waals surface area (Å²) in [4.78, 5) is 13.8. The molecule has 226 valence electrons. The molecule has 3 aromatic rings. The second-order valence-corrected chi connectivity index (χ2v) is 14.4. The van der Waals surface area contributed by atoms with Gasteiger partial charge in [-0.15, -0.1) is 0 Å². The molecular formula is C28H27Cl2F3N2O5S2. The first kappa shape index (κ1) is 32.3. The van der Waals surface area contributed by atoms with Gasteiger partial charge in [0.1, 0.15) is 0 Å². The molecule has 7 nitrogen and oxygen atoms in total. The summed E-state index contributed by atoms with van der Waals surface area (Å²) >= 11 is 11.6. The molecule has 0 aliphatic carbocycles. The molecule has 0 atom stereocenters. The van der Waals surface area contributed by atoms with Crippen molar-refractivity contribution in [3.05, 3.63) is 87.4 Å². The highest BCUT2D eigenvalue weighted by Crippen LogP contribution is 2.37. The average Bonchev–Trinajstić information content (AvgIpc) is 3.41. The third-order valence-electron chi connectivity index (χ3n) is 6.76. The minimum Gasteiger partial charge on any atom is -0.303 e. The summed E-state index contributed by atoms with van der Waals surface area (Å²) in [6.07, 6.45) is -1.61. The van der Waals surface area contributed by atoms with Gasteiger partial charge in [0.05, 0.1) is 31.8 Å². The zero-order chi connectivity index (χ0) is 30.7. The molecule has 0 aromatic heterocycles. The number of sulfonamides is 1. The van der Waals surface area contributed by atoms with Crippen molar-refractivity contribution in [3.8, 4) is 0 Å². The molecule has 0 unspecified atom stereocenters. The van der Waals surface area contributed by atoms with Gasteiger partial charge in [0, 0.05) is 17.0 Å². The number of carbonyl (C=O) groups excluding carboxylic acids is 1. The third-order valence-corrected chi connectivity index (χ3v) is 10.4. The Balaban J connectivity index is 1.55. The largest absolute Gasteiger partial charge is 0.417 e. The number of nitrogens with zero attached hydrogens (tertiary/aromatic N) is 1. The minimum atomic E-state index is -4.92. The molecular weight excluding hydrogens is 636 g/mol. The van der Waals surface area contributed by atoms with Crippen molar-refractivity contribution in [2.75, 3.05) is 24.4 Å². The number of rotatable bonds is 11. The van der Waals surface area contributed by atoms with Crippen molar-refractivity contribution in [1.29, 1.82) is 0 Å². The van der Waals surface area contributed by atoms with Crippen molar-refractivity contribution in [1.82, 2.24) is 4.90 Å². The molecule has 14 heteroatoms. The van der Waals surface area contributed by atoms with E-state index >= 15 is 0 Å². The van der Waals surface area contributed by atoms with Gasteiger partial charge >= 0.3 is 6.18 Å². The van der Waals surface area contributed by atoms with Gasteiger partial charge in [-0.3, -0.25) is 9.52 Å². The summed E-state index contributed by atoms with van der Waals surface area (Å²) in [6, 6.07) is 11.6. The summed E-state index contributed by atoms with van der Waals surface area (Å²) in [5.74, 6) is -0.688. The Morgan fingerprint density at radius 1 is 0.929 bits per heavy atom. The Morgan fingerprint density at radius 2 is 1.64 bits per heavy atom. The van der Waals surface area contributed by atoms with Gasteiger partial charge in [-0.1, -0.05) is 41.4 Å². The zero-order valence-electron chi connectivity index (χ0n) is 22.1. The van der Waals surface area contributed by atoms with Gasteiger partial charge in [0.25, 0.3) is 10.0 Å². The Labute approximate surface area is 252 Å². The molecule has 1 heterocycles. The van der Waals surface area contributed by atoms with Crippen LogP contribution in [-0.4, -0.2) is 47.2 Å². The van der Waals surface area contributed by atoms with E-state index in [1.165, 1.54) is 18.2 Å². The number of hydrogen-bond donors (Lipinski definition) is 1. The smallest absolute Gasteiger partial charge is 0.303 e. The monoisotopic (exact) mass is 662 g/mol. The molecule has 0 bridgehead atoms. The molecule has 1 fully saturated rings. The first-order chi connectivity index (χ1) is 19.7. The number of benzene rings is 3. The number of anilines is 1. The zero-order valence-corrected chi connectivity index (χ0v) is 25.3. The van der Waals surface area contributed by atoms with E-state index in [1.54, 1.807) is 12.1 Å². The Hall–Kier alpha value is -2.64. The molecule has 1 saturated heterocycles. The maximum Gasteiger partial charge on any atom is 0.417 e. The van der Waals surface area contributed by atoms with Crippen LogP contribution < -0.4 is 4.72 Å². The average molecular weight is 664 g/mol. The fourth-order valence-electron chi connectivity index (χ4n) is 4.69. The normalized spacial score (nSPS) is 14.7. The van der Waals surface area contributed by atoms with Crippen LogP contribution in [0.2, 0.25) is 10.0 Å². The number of carbonyl (C=O) groups is 1. The van der Waals surface area contributed by atoms with Gasteiger partial charge in [-0.2, -0.15) is 13.2 Å². The Morgan fingerprint density at radius 3 is 2.33 bits per heavy atom. The number of alkyl halides is 3. The van der Waals surface area contributed by atoms with Crippen molar-refractivity contribution in [3.63, 3.8) is 0 Å². The Kier molecular flexibility index (Phi) is 9.93. The maximum atomic E-state index is 13.5. The second kappa shape index (κ2) is 12.9. The van der Waals surface area contributed by atoms with Crippen molar-refractivity contribution in [2.45, 2.75) is 47.4 Å². The third kappa shape index (κ3) is 8.04. The van der Waals surface area contributed by atoms with Gasteiger partial charge in [-0.05, 0) is 86.9 Å². The fourth-order valence-corrected chi connectivity index (χ4v) is 7.74. The SMILES string of the molecule is O=C(CCCN1CCCC1)c1cccc(CS(=O)(=O)c2ccc(Cl)cc2NS(=O)(=O)c2ccc(Cl)c(C(F)(F)F)c2)c1. The van der Waals surface area contributed by atoms with Crippen LogP contribution >= 0.6 is 23.2 Å². The standard InChI is InChI=1S/C28H27Cl2F3N2O5S2/c29-21-8-11-27(25(16-21)34-42(39,40)22-9-10-24(30)23(17-22)28(31,32)33)41(37,38)18-19-5-3-6-20(15-19)26(36)7-4-14-35-12-1-2-13-35/h3,5-6,8-11,15-17,34H,1-2,4,7,12-14,18H2. The maximum absolute atomic E-state index is 13.5. The Bertz CT molecular complexity index is 1690. The summed E-state index contributed by atoms with van der Waals surface area (Å²) in [5, 5.41) is -0.708. The predicted molar refractivity (Wildman–Crippen MR) is 155 cm³/mol. The number of Topliss-reactive ketones (excluding diaryl/α,β-unsaturated/α-hetero) is 1. The highest BCUT2D eigenvalue weighted by molar-refractivity contribution is 7.93. The number of ketones is 1. The summed E-state index contributed by atoms with van der Waals surface area (Å²) < 4.78 is 94.9. The molecule has 3 aromatic carbocycles.